The predicted molar refractivity (Wildman–Crippen MR) is 112 cm³/mol. The second-order valence-electron chi connectivity index (χ2n) is 6.86. The van der Waals surface area contributed by atoms with E-state index in [1.807, 2.05) is 51.1 Å². The average Bonchev–Trinajstić information content (AvgIpc) is 2.64. The maximum absolute atomic E-state index is 12.6. The van der Waals surface area contributed by atoms with E-state index < -0.39 is 10.0 Å². The quantitative estimate of drug-likeness (QED) is 0.732. The monoisotopic (exact) mass is 404 g/mol. The van der Waals surface area contributed by atoms with Crippen molar-refractivity contribution in [3.8, 4) is 5.75 Å². The maximum atomic E-state index is 12.6. The molecule has 2 aromatic rings. The molecule has 1 N–H and O–H groups in total. The molecule has 0 aliphatic carbocycles. The first kappa shape index (κ1) is 21.8. The van der Waals surface area contributed by atoms with Crippen molar-refractivity contribution in [3.05, 3.63) is 59.2 Å². The molecule has 1 unspecified atom stereocenters. The zero-order valence-corrected chi connectivity index (χ0v) is 17.8. The summed E-state index contributed by atoms with van der Waals surface area (Å²) in [5.74, 6) is 0.430. The summed E-state index contributed by atoms with van der Waals surface area (Å²) in [5, 5.41) is 2.95. The van der Waals surface area contributed by atoms with Gasteiger partial charge >= 0.3 is 0 Å². The van der Waals surface area contributed by atoms with E-state index in [-0.39, 0.29) is 18.5 Å². The summed E-state index contributed by atoms with van der Waals surface area (Å²) in [6, 6.07) is 12.6. The second-order valence-corrected chi connectivity index (χ2v) is 8.77. The Morgan fingerprint density at radius 3 is 2.29 bits per heavy atom. The van der Waals surface area contributed by atoms with Gasteiger partial charge in [0.05, 0.1) is 25.1 Å². The lowest BCUT2D eigenvalue weighted by Crippen LogP contribution is -2.41. The predicted octanol–water partition coefficient (Wildman–Crippen LogP) is 3.35. The van der Waals surface area contributed by atoms with E-state index in [1.54, 1.807) is 19.2 Å². The van der Waals surface area contributed by atoms with Crippen molar-refractivity contribution in [2.75, 3.05) is 24.2 Å². The van der Waals surface area contributed by atoms with Crippen molar-refractivity contribution < 1.29 is 17.9 Å². The first-order valence-electron chi connectivity index (χ1n) is 9.14. The van der Waals surface area contributed by atoms with Gasteiger partial charge in [-0.1, -0.05) is 36.8 Å². The number of benzene rings is 2. The van der Waals surface area contributed by atoms with Crippen LogP contribution in [0.25, 0.3) is 0 Å². The van der Waals surface area contributed by atoms with E-state index >= 15 is 0 Å². The van der Waals surface area contributed by atoms with Gasteiger partial charge in [-0.15, -0.1) is 0 Å². The minimum Gasteiger partial charge on any atom is -0.496 e. The third-order valence-electron chi connectivity index (χ3n) is 4.57. The molecule has 0 fully saturated rings. The maximum Gasteiger partial charge on any atom is 0.241 e. The number of carbonyl (C=O) groups excluding carboxylic acids is 1. The van der Waals surface area contributed by atoms with E-state index in [1.165, 1.54) is 0 Å². The molecule has 0 radical (unpaired) electrons. The molecular weight excluding hydrogens is 376 g/mol. The molecule has 0 aromatic heterocycles. The standard InChI is InChI=1S/C21H28N2O4S/c1-6-19(17-9-12-20(27-4)16(3)13-17)22-21(24)14-23(28(5,25)26)18-10-7-15(2)8-11-18/h7-13,19H,6,14H2,1-5H3,(H,22,24). The van der Waals surface area contributed by atoms with Crippen LogP contribution in [0, 0.1) is 13.8 Å². The average molecular weight is 405 g/mol. The number of rotatable bonds is 8. The number of hydrogen-bond acceptors (Lipinski definition) is 4. The van der Waals surface area contributed by atoms with E-state index in [9.17, 15) is 13.2 Å². The summed E-state index contributed by atoms with van der Waals surface area (Å²) in [4.78, 5) is 12.6. The number of carbonyl (C=O) groups is 1. The lowest BCUT2D eigenvalue weighted by atomic mass is 10.0. The SMILES string of the molecule is CCC(NC(=O)CN(c1ccc(C)cc1)S(C)(=O)=O)c1ccc(OC)c(C)c1. The smallest absolute Gasteiger partial charge is 0.241 e. The summed E-state index contributed by atoms with van der Waals surface area (Å²) in [7, 11) is -1.98. The van der Waals surface area contributed by atoms with E-state index in [0.29, 0.717) is 12.1 Å². The van der Waals surface area contributed by atoms with Crippen LogP contribution in [0.5, 0.6) is 5.75 Å². The van der Waals surface area contributed by atoms with E-state index in [0.717, 1.165) is 33.0 Å². The number of nitrogens with zero attached hydrogens (tertiary/aromatic N) is 1. The third-order valence-corrected chi connectivity index (χ3v) is 5.71. The van der Waals surface area contributed by atoms with Crippen molar-refractivity contribution in [2.24, 2.45) is 0 Å². The molecule has 0 saturated heterocycles. The number of amides is 1. The van der Waals surface area contributed by atoms with Gasteiger partial charge in [-0.3, -0.25) is 9.10 Å². The normalized spacial score (nSPS) is 12.3. The largest absolute Gasteiger partial charge is 0.496 e. The Morgan fingerprint density at radius 1 is 1.14 bits per heavy atom. The summed E-state index contributed by atoms with van der Waals surface area (Å²) in [6.45, 7) is 5.57. The first-order valence-corrected chi connectivity index (χ1v) is 11.0. The van der Waals surface area contributed by atoms with Gasteiger partial charge in [0.15, 0.2) is 0 Å². The van der Waals surface area contributed by atoms with Gasteiger partial charge in [0.2, 0.25) is 15.9 Å². The lowest BCUT2D eigenvalue weighted by Gasteiger charge is -2.24. The molecule has 0 aliphatic rings. The Kier molecular flexibility index (Phi) is 7.07. The highest BCUT2D eigenvalue weighted by atomic mass is 32.2. The number of nitrogens with one attached hydrogen (secondary N) is 1. The minimum atomic E-state index is -3.59. The van der Waals surface area contributed by atoms with Crippen molar-refractivity contribution in [2.45, 2.75) is 33.2 Å². The summed E-state index contributed by atoms with van der Waals surface area (Å²) in [5.41, 5.74) is 3.42. The highest BCUT2D eigenvalue weighted by molar-refractivity contribution is 7.92. The van der Waals surface area contributed by atoms with Gasteiger partial charge in [0, 0.05) is 0 Å². The van der Waals surface area contributed by atoms with Crippen LogP contribution in [-0.2, 0) is 14.8 Å². The molecule has 0 saturated carbocycles. The van der Waals surface area contributed by atoms with Crippen molar-refractivity contribution in [1.29, 1.82) is 0 Å². The fraction of sp³-hybridized carbons (Fsp3) is 0.381. The Balaban J connectivity index is 2.18. The number of aryl methyl sites for hydroxylation is 2. The number of anilines is 1. The van der Waals surface area contributed by atoms with Gasteiger partial charge in [0.25, 0.3) is 0 Å². The van der Waals surface area contributed by atoms with Crippen molar-refractivity contribution in [3.63, 3.8) is 0 Å². The molecule has 7 heteroatoms. The molecule has 28 heavy (non-hydrogen) atoms. The molecule has 1 atom stereocenters. The van der Waals surface area contributed by atoms with Crippen LogP contribution in [0.15, 0.2) is 42.5 Å². The van der Waals surface area contributed by atoms with Crippen LogP contribution >= 0.6 is 0 Å². The van der Waals surface area contributed by atoms with Gasteiger partial charge in [-0.05, 0) is 49.6 Å². The summed E-state index contributed by atoms with van der Waals surface area (Å²) in [6.07, 6.45) is 1.78. The Bertz CT molecular complexity index is 924. The fourth-order valence-corrected chi connectivity index (χ4v) is 3.88. The minimum absolute atomic E-state index is 0.212. The van der Waals surface area contributed by atoms with Crippen LogP contribution in [0.3, 0.4) is 0 Å². The zero-order chi connectivity index (χ0) is 20.9. The second kappa shape index (κ2) is 9.10. The number of ether oxygens (including phenoxy) is 1. The topological polar surface area (TPSA) is 75.7 Å². The van der Waals surface area contributed by atoms with Gasteiger partial charge in [-0.2, -0.15) is 0 Å². The van der Waals surface area contributed by atoms with Crippen LogP contribution in [0.4, 0.5) is 5.69 Å². The van der Waals surface area contributed by atoms with Crippen LogP contribution in [-0.4, -0.2) is 34.2 Å². The van der Waals surface area contributed by atoms with Crippen molar-refractivity contribution >= 4 is 21.6 Å². The van der Waals surface area contributed by atoms with Crippen LogP contribution in [0.2, 0.25) is 0 Å². The molecule has 6 nitrogen and oxygen atoms in total. The summed E-state index contributed by atoms with van der Waals surface area (Å²) < 4.78 is 30.8. The summed E-state index contributed by atoms with van der Waals surface area (Å²) >= 11 is 0. The number of sulfonamides is 1. The molecule has 0 bridgehead atoms. The van der Waals surface area contributed by atoms with Crippen LogP contribution in [0.1, 0.15) is 36.1 Å². The molecule has 0 spiro atoms. The molecule has 1 amide bonds. The third kappa shape index (κ3) is 5.48. The Morgan fingerprint density at radius 2 is 1.79 bits per heavy atom. The van der Waals surface area contributed by atoms with Gasteiger partial charge in [-0.25, -0.2) is 8.42 Å². The van der Waals surface area contributed by atoms with Gasteiger partial charge < -0.3 is 10.1 Å². The zero-order valence-electron chi connectivity index (χ0n) is 17.0. The lowest BCUT2D eigenvalue weighted by molar-refractivity contribution is -0.120. The van der Waals surface area contributed by atoms with E-state index in [4.69, 9.17) is 4.74 Å². The molecule has 2 rings (SSSR count). The number of hydrogen-bond donors (Lipinski definition) is 1. The molecule has 0 heterocycles. The molecule has 152 valence electrons. The molecule has 0 aliphatic heterocycles. The van der Waals surface area contributed by atoms with Crippen molar-refractivity contribution in [1.82, 2.24) is 5.32 Å². The molecular formula is C21H28N2O4S. The Hall–Kier alpha value is -2.54. The highest BCUT2D eigenvalue weighted by Gasteiger charge is 2.22. The van der Waals surface area contributed by atoms with Gasteiger partial charge in [0.1, 0.15) is 12.3 Å². The number of methoxy groups -OCH3 is 1. The van der Waals surface area contributed by atoms with E-state index in [2.05, 4.69) is 5.32 Å². The fourth-order valence-electron chi connectivity index (χ4n) is 3.02. The Labute approximate surface area is 167 Å². The highest BCUT2D eigenvalue weighted by Crippen LogP contribution is 2.24. The first-order chi connectivity index (χ1) is 13.2. The van der Waals surface area contributed by atoms with Crippen LogP contribution < -0.4 is 14.4 Å². The molecule has 2 aromatic carbocycles.